The Balaban J connectivity index is 3.50. The minimum absolute atomic E-state index is 0.0750. The van der Waals surface area contributed by atoms with E-state index >= 15 is 0 Å². The molecular weight excluding hydrogens is 760 g/mol. The van der Waals surface area contributed by atoms with Crippen LogP contribution in [0.25, 0.3) is 0 Å². The first-order chi connectivity index (χ1) is 10.5. The molecule has 0 aromatic heterocycles. The van der Waals surface area contributed by atoms with E-state index in [1.807, 2.05) is 90.4 Å². The van der Waals surface area contributed by atoms with E-state index in [0.717, 1.165) is 0 Å². The van der Waals surface area contributed by atoms with E-state index in [0.29, 0.717) is 10.7 Å². The summed E-state index contributed by atoms with van der Waals surface area (Å²) < 4.78 is 0.550. The highest BCUT2D eigenvalue weighted by atomic mass is 127. The summed E-state index contributed by atoms with van der Waals surface area (Å²) in [6.07, 6.45) is -2.73. The largest absolute Gasteiger partial charge is 0.394 e. The number of nitrogens with two attached hydrogens (primary N) is 2. The molecule has 0 aromatic carbocycles. The molecule has 7 N–H and O–H groups in total. The van der Waals surface area contributed by atoms with Crippen molar-refractivity contribution in [2.75, 3.05) is 6.61 Å². The highest BCUT2D eigenvalue weighted by molar-refractivity contribution is 14.1. The van der Waals surface area contributed by atoms with Gasteiger partial charge in [-0.2, -0.15) is 0 Å². The van der Waals surface area contributed by atoms with E-state index in [2.05, 4.69) is 0 Å². The summed E-state index contributed by atoms with van der Waals surface area (Å²) in [5, 5.41) is 28.7. The summed E-state index contributed by atoms with van der Waals surface area (Å²) >= 11 is 7.77. The Morgan fingerprint density at radius 3 is 2.09 bits per heavy atom. The number of aliphatic hydroxyl groups excluding tert-OH is 3. The molecule has 4 unspecified atom stereocenters. The van der Waals surface area contributed by atoms with Crippen LogP contribution in [0, 0.1) is 5.92 Å². The van der Waals surface area contributed by atoms with Crippen molar-refractivity contribution < 1.29 is 24.9 Å². The van der Waals surface area contributed by atoms with Gasteiger partial charge in [0.1, 0.15) is 6.10 Å². The Bertz CT molecular complexity index is 594. The van der Waals surface area contributed by atoms with Crippen molar-refractivity contribution in [2.45, 2.75) is 22.1 Å². The van der Waals surface area contributed by atoms with Crippen LogP contribution in [-0.4, -0.2) is 49.4 Å². The van der Waals surface area contributed by atoms with Gasteiger partial charge in [-0.3, -0.25) is 9.59 Å². The molecule has 2 amide bonds. The van der Waals surface area contributed by atoms with E-state index in [-0.39, 0.29) is 12.0 Å². The number of carbonyl (C=O) groups excluding carboxylic acids is 2. The molecule has 23 heavy (non-hydrogen) atoms. The van der Waals surface area contributed by atoms with Gasteiger partial charge in [-0.25, -0.2) is 0 Å². The van der Waals surface area contributed by atoms with Crippen molar-refractivity contribution in [3.05, 3.63) is 16.3 Å². The highest BCUT2D eigenvalue weighted by Gasteiger charge is 2.51. The first-order valence-corrected chi connectivity index (χ1v) is 10.5. The van der Waals surface area contributed by atoms with Crippen LogP contribution in [0.3, 0.4) is 0 Å². The number of hydrogen-bond acceptors (Lipinski definition) is 5. The summed E-state index contributed by atoms with van der Waals surface area (Å²) in [4.78, 5) is 23.8. The summed E-state index contributed by atoms with van der Waals surface area (Å²) in [5.74, 6) is -2.04. The van der Waals surface area contributed by atoms with Gasteiger partial charge in [-0.1, -0.05) is 22.6 Å². The van der Waals surface area contributed by atoms with Gasteiger partial charge >= 0.3 is 0 Å². The summed E-state index contributed by atoms with van der Waals surface area (Å²) in [5.41, 5.74) is 11.3. The molecule has 11 heteroatoms. The van der Waals surface area contributed by atoms with Crippen molar-refractivity contribution in [1.29, 1.82) is 0 Å². The monoisotopic (exact) mass is 774 g/mol. The molecule has 0 saturated carbocycles. The molecule has 1 aliphatic rings. The minimum atomic E-state index is -1.36. The Morgan fingerprint density at radius 1 is 1.17 bits per heavy atom. The van der Waals surface area contributed by atoms with Crippen molar-refractivity contribution in [1.82, 2.24) is 0 Å². The van der Waals surface area contributed by atoms with Crippen LogP contribution in [0.4, 0.5) is 0 Å². The molecule has 7 nitrogen and oxygen atoms in total. The number of alkyl halides is 1. The summed E-state index contributed by atoms with van der Waals surface area (Å²) in [6, 6.07) is 0. The van der Waals surface area contributed by atoms with E-state index in [1.165, 1.54) is 0 Å². The van der Waals surface area contributed by atoms with Gasteiger partial charge in [-0.05, 0) is 74.2 Å². The number of carbonyl (C=O) groups is 2. The van der Waals surface area contributed by atoms with Gasteiger partial charge in [0.25, 0.3) is 5.91 Å². The lowest BCUT2D eigenvalue weighted by Gasteiger charge is -2.40. The third-order valence-electron chi connectivity index (χ3n) is 3.39. The molecule has 0 aliphatic heterocycles. The molecule has 0 aromatic rings. The van der Waals surface area contributed by atoms with E-state index < -0.39 is 40.0 Å². The number of primary amides is 2. The van der Waals surface area contributed by atoms with Crippen LogP contribution >= 0.6 is 90.4 Å². The quantitative estimate of drug-likeness (QED) is 0.199. The summed E-state index contributed by atoms with van der Waals surface area (Å²) in [6.45, 7) is -0.622. The Labute approximate surface area is 187 Å². The topological polar surface area (TPSA) is 147 Å². The van der Waals surface area contributed by atoms with Gasteiger partial charge in [0.2, 0.25) is 5.91 Å². The van der Waals surface area contributed by atoms with Gasteiger partial charge in [0.05, 0.1) is 27.6 Å². The predicted molar refractivity (Wildman–Crippen MR) is 118 cm³/mol. The zero-order valence-electron chi connectivity index (χ0n) is 11.5. The molecule has 0 heterocycles. The van der Waals surface area contributed by atoms with Crippen LogP contribution < -0.4 is 11.5 Å². The maximum absolute atomic E-state index is 12.0. The maximum atomic E-state index is 12.0. The third-order valence-corrected chi connectivity index (χ3v) is 10.8. The molecule has 130 valence electrons. The number of allylic oxidation sites excluding steroid dienone is 1. The van der Waals surface area contributed by atoms with Gasteiger partial charge < -0.3 is 26.8 Å². The van der Waals surface area contributed by atoms with Crippen LogP contribution in [0.5, 0.6) is 0 Å². The maximum Gasteiger partial charge on any atom is 0.250 e. The van der Waals surface area contributed by atoms with Crippen molar-refractivity contribution >= 4 is 102 Å². The van der Waals surface area contributed by atoms with Gasteiger partial charge in [-0.15, -0.1) is 0 Å². The number of aliphatic hydroxyl groups is 3. The molecule has 0 fully saturated rings. The van der Waals surface area contributed by atoms with E-state index in [9.17, 15) is 19.8 Å². The van der Waals surface area contributed by atoms with Crippen LogP contribution in [-0.2, 0) is 9.59 Å². The van der Waals surface area contributed by atoms with Crippen LogP contribution in [0.2, 0.25) is 0 Å². The second kappa shape index (κ2) is 8.74. The lowest BCUT2D eigenvalue weighted by Crippen LogP contribution is -2.48. The van der Waals surface area contributed by atoms with Gasteiger partial charge in [0.15, 0.2) is 0 Å². The second-order valence-electron chi connectivity index (χ2n) is 4.93. The average molecular weight is 774 g/mol. The summed E-state index contributed by atoms with van der Waals surface area (Å²) in [7, 11) is 0. The van der Waals surface area contributed by atoms with E-state index in [4.69, 9.17) is 16.6 Å². The normalized spacial score (nSPS) is 27.9. The molecule has 1 aliphatic carbocycles. The molecule has 0 spiro atoms. The zero-order valence-corrected chi connectivity index (χ0v) is 20.1. The zero-order chi connectivity index (χ0) is 18.1. The molecule has 0 bridgehead atoms. The number of halogens is 4. The fourth-order valence-corrected chi connectivity index (χ4v) is 7.69. The minimum Gasteiger partial charge on any atom is -0.394 e. The van der Waals surface area contributed by atoms with Crippen molar-refractivity contribution in [2.24, 2.45) is 17.4 Å². The van der Waals surface area contributed by atoms with Crippen LogP contribution in [0.15, 0.2) is 16.3 Å². The SMILES string of the molecule is NC(=O)C1=C(I)C(I)(CC(O)C(O)CO)C(C(N)=O)C(I)=C1I. The van der Waals surface area contributed by atoms with Crippen molar-refractivity contribution in [3.8, 4) is 0 Å². The Morgan fingerprint density at radius 2 is 1.70 bits per heavy atom. The standard InChI is InChI=1S/C12H14I4N2O5/c13-7-5(10(17)22)9(15)12(16,1-3(20)4(21)2-19)6(8(7)14)11(18)23/h3-4,6,19-21H,1-2H2,(H2,17,22)(H2,18,23). The smallest absolute Gasteiger partial charge is 0.250 e. The molecule has 1 rings (SSSR count). The fraction of sp³-hybridized carbons (Fsp3) is 0.500. The molecule has 0 radical (unpaired) electrons. The molecule has 0 saturated heterocycles. The Hall–Kier alpha value is 1.22. The number of amides is 2. The molecule has 4 atom stereocenters. The average Bonchev–Trinajstić information content (AvgIpc) is 2.43. The second-order valence-corrected chi connectivity index (χ2v) is 10.2. The lowest BCUT2D eigenvalue weighted by molar-refractivity contribution is -0.121. The first-order valence-electron chi connectivity index (χ1n) is 6.19. The fourth-order valence-electron chi connectivity index (χ4n) is 2.21. The number of rotatable bonds is 6. The number of hydrogen-bond donors (Lipinski definition) is 5. The first kappa shape index (κ1) is 22.3. The highest BCUT2D eigenvalue weighted by Crippen LogP contribution is 2.55. The Kier molecular flexibility index (Phi) is 8.46. The third kappa shape index (κ3) is 4.50. The van der Waals surface area contributed by atoms with E-state index in [1.54, 1.807) is 0 Å². The molecular formula is C12H14I4N2O5. The van der Waals surface area contributed by atoms with Crippen LogP contribution in [0.1, 0.15) is 6.42 Å². The van der Waals surface area contributed by atoms with Gasteiger partial charge in [0, 0.05) is 10.7 Å². The lowest BCUT2D eigenvalue weighted by atomic mass is 9.80. The predicted octanol–water partition coefficient (Wildman–Crippen LogP) is 0.636. The van der Waals surface area contributed by atoms with Crippen molar-refractivity contribution in [3.63, 3.8) is 0 Å².